The van der Waals surface area contributed by atoms with Crippen LogP contribution in [0.2, 0.25) is 0 Å². The van der Waals surface area contributed by atoms with Gasteiger partial charge in [-0.2, -0.15) is 0 Å². The summed E-state index contributed by atoms with van der Waals surface area (Å²) in [5.74, 6) is 1.72. The molecule has 0 spiro atoms. The van der Waals surface area contributed by atoms with Crippen LogP contribution < -0.4 is 0 Å². The minimum absolute atomic E-state index is 0.0685. The van der Waals surface area contributed by atoms with Crippen LogP contribution >= 0.6 is 0 Å². The highest BCUT2D eigenvalue weighted by Crippen LogP contribution is 2.64. The van der Waals surface area contributed by atoms with Crippen molar-refractivity contribution >= 4 is 17.5 Å². The van der Waals surface area contributed by atoms with Gasteiger partial charge < -0.3 is 5.11 Å². The molecule has 0 aliphatic heterocycles. The Labute approximate surface area is 183 Å². The van der Waals surface area contributed by atoms with E-state index in [1.54, 1.807) is 12.1 Å². The van der Waals surface area contributed by atoms with E-state index in [4.69, 9.17) is 0 Å². The second-order valence-electron chi connectivity index (χ2n) is 10.7. The molecular formula is C26H31NO4. The molecule has 4 aliphatic carbocycles. The van der Waals surface area contributed by atoms with Gasteiger partial charge in [0, 0.05) is 17.5 Å². The number of carbonyl (C=O) groups excluding carboxylic acids is 1. The zero-order valence-electron chi connectivity index (χ0n) is 18.3. The molecule has 0 radical (unpaired) electrons. The molecule has 1 aromatic carbocycles. The van der Waals surface area contributed by atoms with Crippen molar-refractivity contribution in [2.45, 2.75) is 64.9 Å². The summed E-state index contributed by atoms with van der Waals surface area (Å²) >= 11 is 0. The summed E-state index contributed by atoms with van der Waals surface area (Å²) < 4.78 is 0. The number of aliphatic hydroxyl groups excluding tert-OH is 1. The van der Waals surface area contributed by atoms with Crippen LogP contribution in [0.15, 0.2) is 41.5 Å². The van der Waals surface area contributed by atoms with Gasteiger partial charge in [0.15, 0.2) is 5.78 Å². The summed E-state index contributed by atoms with van der Waals surface area (Å²) in [5, 5.41) is 21.1. The standard InChI is InChI=1S/C26H31NO4/c1-25-11-9-20(28)15-18(25)5-8-21-22(25)10-12-26(2)23(21)14-17(24(26)29)13-16-3-6-19(7-4-16)27(30)31/h3-7,13,20-23,28H,8-12,14-15H2,1-2H3/b17-13+/t20-,21+,22-,23-,25-,26-/m0/s1. The van der Waals surface area contributed by atoms with Crippen molar-refractivity contribution in [3.8, 4) is 0 Å². The summed E-state index contributed by atoms with van der Waals surface area (Å²) in [7, 11) is 0. The molecule has 0 unspecified atom stereocenters. The lowest BCUT2D eigenvalue weighted by atomic mass is 9.48. The number of Topliss-reactive ketones (excluding diaryl/α,β-unsaturated/α-hetero) is 1. The number of nitro benzene ring substituents is 1. The molecule has 0 heterocycles. The molecule has 5 heteroatoms. The summed E-state index contributed by atoms with van der Waals surface area (Å²) in [6, 6.07) is 6.47. The first-order valence-corrected chi connectivity index (χ1v) is 11.6. The van der Waals surface area contributed by atoms with Gasteiger partial charge in [-0.15, -0.1) is 0 Å². The lowest BCUT2D eigenvalue weighted by molar-refractivity contribution is -0.384. The van der Waals surface area contributed by atoms with Gasteiger partial charge in [0.2, 0.25) is 0 Å². The molecule has 0 aromatic heterocycles. The number of carbonyl (C=O) groups is 1. The van der Waals surface area contributed by atoms with Crippen LogP contribution in [0.3, 0.4) is 0 Å². The Morgan fingerprint density at radius 3 is 2.48 bits per heavy atom. The molecule has 31 heavy (non-hydrogen) atoms. The topological polar surface area (TPSA) is 80.4 Å². The Morgan fingerprint density at radius 2 is 1.77 bits per heavy atom. The van der Waals surface area contributed by atoms with Crippen LogP contribution in [0.5, 0.6) is 0 Å². The molecule has 0 bridgehead atoms. The van der Waals surface area contributed by atoms with Crippen molar-refractivity contribution in [2.75, 3.05) is 0 Å². The second-order valence-corrected chi connectivity index (χ2v) is 10.7. The maximum Gasteiger partial charge on any atom is 0.269 e. The highest BCUT2D eigenvalue weighted by Gasteiger charge is 2.59. The first-order chi connectivity index (χ1) is 14.7. The zero-order chi connectivity index (χ0) is 22.0. The summed E-state index contributed by atoms with van der Waals surface area (Å²) in [6.07, 6.45) is 10.7. The summed E-state index contributed by atoms with van der Waals surface area (Å²) in [6.45, 7) is 4.56. The minimum atomic E-state index is -0.400. The van der Waals surface area contributed by atoms with E-state index >= 15 is 0 Å². The van der Waals surface area contributed by atoms with Crippen LogP contribution in [-0.4, -0.2) is 21.9 Å². The predicted molar refractivity (Wildman–Crippen MR) is 119 cm³/mol. The van der Waals surface area contributed by atoms with Crippen molar-refractivity contribution in [2.24, 2.45) is 28.6 Å². The number of ketones is 1. The van der Waals surface area contributed by atoms with Crippen LogP contribution in [0.1, 0.15) is 64.4 Å². The van der Waals surface area contributed by atoms with E-state index in [0.29, 0.717) is 17.8 Å². The van der Waals surface area contributed by atoms with Crippen molar-refractivity contribution in [1.29, 1.82) is 0 Å². The van der Waals surface area contributed by atoms with Crippen LogP contribution in [0, 0.1) is 38.7 Å². The Kier molecular flexibility index (Phi) is 4.74. The number of nitrogens with zero attached hydrogens (tertiary/aromatic N) is 1. The van der Waals surface area contributed by atoms with Gasteiger partial charge in [0.05, 0.1) is 11.0 Å². The Bertz CT molecular complexity index is 993. The SMILES string of the molecule is C[C@]12CC[C@H](O)CC1=CC[C@@H]1[C@@H]2CC[C@]2(C)C(=O)/C(=C/c3ccc([N+](=O)[O-])cc3)C[C@@H]12. The van der Waals surface area contributed by atoms with Crippen molar-refractivity contribution in [3.63, 3.8) is 0 Å². The first-order valence-electron chi connectivity index (χ1n) is 11.6. The Balaban J connectivity index is 1.44. The summed E-state index contributed by atoms with van der Waals surface area (Å²) in [4.78, 5) is 24.0. The first kappa shape index (κ1) is 20.6. The number of hydrogen-bond acceptors (Lipinski definition) is 4. The third-order valence-electron chi connectivity index (χ3n) is 9.16. The van der Waals surface area contributed by atoms with Gasteiger partial charge in [0.1, 0.15) is 0 Å². The quantitative estimate of drug-likeness (QED) is 0.297. The maximum atomic E-state index is 13.5. The fourth-order valence-electron chi connectivity index (χ4n) is 7.33. The molecule has 5 nitrogen and oxygen atoms in total. The molecule has 3 saturated carbocycles. The maximum absolute atomic E-state index is 13.5. The lowest BCUT2D eigenvalue weighted by Crippen LogP contribution is -2.50. The van der Waals surface area contributed by atoms with Crippen LogP contribution in [0.4, 0.5) is 5.69 Å². The van der Waals surface area contributed by atoms with Gasteiger partial charge in [-0.05, 0) is 97.5 Å². The molecule has 0 saturated heterocycles. The van der Waals surface area contributed by atoms with E-state index in [2.05, 4.69) is 19.9 Å². The minimum Gasteiger partial charge on any atom is -0.393 e. The average Bonchev–Trinajstić information content (AvgIpc) is 2.99. The molecule has 164 valence electrons. The largest absolute Gasteiger partial charge is 0.393 e. The van der Waals surface area contributed by atoms with E-state index < -0.39 is 4.92 Å². The highest BCUT2D eigenvalue weighted by molar-refractivity contribution is 6.06. The zero-order valence-corrected chi connectivity index (χ0v) is 18.3. The van der Waals surface area contributed by atoms with Crippen molar-refractivity contribution in [1.82, 2.24) is 0 Å². The number of rotatable bonds is 2. The lowest BCUT2D eigenvalue weighted by Gasteiger charge is -2.56. The predicted octanol–water partition coefficient (Wildman–Crippen LogP) is 5.48. The average molecular weight is 422 g/mol. The molecule has 4 aliphatic rings. The van der Waals surface area contributed by atoms with Gasteiger partial charge in [0.25, 0.3) is 5.69 Å². The van der Waals surface area contributed by atoms with E-state index in [0.717, 1.165) is 56.1 Å². The molecular weight excluding hydrogens is 390 g/mol. The normalized spacial score (nSPS) is 40.7. The number of benzene rings is 1. The number of non-ortho nitro benzene ring substituents is 1. The Hall–Kier alpha value is -2.27. The number of aliphatic hydroxyl groups is 1. The molecule has 1 N–H and O–H groups in total. The Morgan fingerprint density at radius 1 is 1.06 bits per heavy atom. The molecule has 3 fully saturated rings. The van der Waals surface area contributed by atoms with E-state index in [1.165, 1.54) is 17.7 Å². The number of fused-ring (bicyclic) bond motifs is 5. The van der Waals surface area contributed by atoms with E-state index in [1.807, 2.05) is 6.08 Å². The highest BCUT2D eigenvalue weighted by atomic mass is 16.6. The van der Waals surface area contributed by atoms with Crippen LogP contribution in [0.25, 0.3) is 6.08 Å². The number of nitro groups is 1. The second kappa shape index (κ2) is 7.13. The molecule has 5 rings (SSSR count). The fraction of sp³-hybridized carbons (Fsp3) is 0.577. The molecule has 0 amide bonds. The van der Waals surface area contributed by atoms with E-state index in [-0.39, 0.29) is 28.4 Å². The third-order valence-corrected chi connectivity index (χ3v) is 9.16. The monoisotopic (exact) mass is 421 g/mol. The van der Waals surface area contributed by atoms with Gasteiger partial charge in [-0.3, -0.25) is 14.9 Å². The number of allylic oxidation sites excluding steroid dienone is 2. The molecule has 1 aromatic rings. The fourth-order valence-corrected chi connectivity index (χ4v) is 7.33. The van der Waals surface area contributed by atoms with Crippen LogP contribution in [-0.2, 0) is 4.79 Å². The summed E-state index contributed by atoms with van der Waals surface area (Å²) in [5.41, 5.74) is 3.11. The van der Waals surface area contributed by atoms with Gasteiger partial charge >= 0.3 is 0 Å². The number of hydrogen-bond donors (Lipinski definition) is 1. The van der Waals surface area contributed by atoms with Crippen molar-refractivity contribution in [3.05, 3.63) is 57.2 Å². The smallest absolute Gasteiger partial charge is 0.269 e. The van der Waals surface area contributed by atoms with Gasteiger partial charge in [-0.25, -0.2) is 0 Å². The molecule has 6 atom stereocenters. The van der Waals surface area contributed by atoms with Crippen molar-refractivity contribution < 1.29 is 14.8 Å². The third kappa shape index (κ3) is 3.12. The van der Waals surface area contributed by atoms with E-state index in [9.17, 15) is 20.0 Å². The van der Waals surface area contributed by atoms with Gasteiger partial charge in [-0.1, -0.05) is 25.5 Å².